The molecule has 1 fully saturated rings. The summed E-state index contributed by atoms with van der Waals surface area (Å²) in [5.74, 6) is 0.920. The van der Waals surface area contributed by atoms with Gasteiger partial charge in [-0.05, 0) is 61.2 Å². The van der Waals surface area contributed by atoms with E-state index in [0.717, 1.165) is 24.6 Å². The van der Waals surface area contributed by atoms with Crippen LogP contribution in [0.2, 0.25) is 0 Å². The smallest absolute Gasteiger partial charge is 0.238 e. The van der Waals surface area contributed by atoms with E-state index in [1.54, 1.807) is 36.9 Å². The Labute approximate surface area is 187 Å². The molecule has 168 valence electrons. The summed E-state index contributed by atoms with van der Waals surface area (Å²) < 4.78 is 43.2. The zero-order valence-corrected chi connectivity index (χ0v) is 19.4. The molecule has 2 atom stereocenters. The number of rotatable bonds is 3. The lowest BCUT2D eigenvalue weighted by atomic mass is 10.0. The Kier molecular flexibility index (Phi) is 7.25. The molecule has 4 rings (SSSR count). The predicted octanol–water partition coefficient (Wildman–Crippen LogP) is 3.75. The molecule has 10 heteroatoms. The Morgan fingerprint density at radius 2 is 2.03 bits per heavy atom. The number of anilines is 2. The number of nitrogens with zero attached hydrogens (tertiary/aromatic N) is 2. The van der Waals surface area contributed by atoms with E-state index in [4.69, 9.17) is 9.88 Å². The molecule has 2 unspecified atom stereocenters. The quantitative estimate of drug-likeness (QED) is 0.511. The van der Waals surface area contributed by atoms with Gasteiger partial charge < -0.3 is 10.1 Å². The number of hydrogen-bond acceptors (Lipinski definition) is 6. The highest BCUT2D eigenvalue weighted by Gasteiger charge is 2.17. The lowest BCUT2D eigenvalue weighted by Crippen LogP contribution is -2.25. The van der Waals surface area contributed by atoms with Crippen molar-refractivity contribution in [2.75, 3.05) is 18.5 Å². The van der Waals surface area contributed by atoms with Crippen molar-refractivity contribution in [2.45, 2.75) is 30.4 Å². The van der Waals surface area contributed by atoms with Gasteiger partial charge in [-0.25, -0.2) is 17.9 Å². The summed E-state index contributed by atoms with van der Waals surface area (Å²) in [6, 6.07) is 9.15. The van der Waals surface area contributed by atoms with Gasteiger partial charge in [0.2, 0.25) is 10.0 Å². The molecule has 3 aromatic rings. The van der Waals surface area contributed by atoms with Gasteiger partial charge in [-0.2, -0.15) is 17.7 Å². The van der Waals surface area contributed by atoms with Crippen molar-refractivity contribution in [2.24, 2.45) is 18.1 Å². The van der Waals surface area contributed by atoms with E-state index in [2.05, 4.69) is 30.0 Å². The predicted molar refractivity (Wildman–Crippen MR) is 124 cm³/mol. The first-order valence-corrected chi connectivity index (χ1v) is 11.9. The molecule has 2 aromatic carbocycles. The first-order valence-electron chi connectivity index (χ1n) is 9.85. The molecular weight excluding hydrogens is 439 g/mol. The highest BCUT2D eigenvalue weighted by atomic mass is 32.2. The number of aromatic nitrogens is 2. The lowest BCUT2D eigenvalue weighted by molar-refractivity contribution is 0.0776. The van der Waals surface area contributed by atoms with Crippen LogP contribution >= 0.6 is 12.6 Å². The summed E-state index contributed by atoms with van der Waals surface area (Å²) in [5, 5.41) is 13.7. The van der Waals surface area contributed by atoms with Gasteiger partial charge in [0, 0.05) is 30.0 Å². The van der Waals surface area contributed by atoms with E-state index in [9.17, 15) is 12.8 Å². The molecular formula is C21H27FN4O3S2. The third-order valence-electron chi connectivity index (χ3n) is 5.23. The monoisotopic (exact) mass is 466 g/mol. The maximum atomic E-state index is 13.4. The maximum absolute atomic E-state index is 13.4. The number of nitrogens with two attached hydrogens (primary N) is 1. The second-order valence-corrected chi connectivity index (χ2v) is 9.92. The third kappa shape index (κ3) is 5.76. The Bertz CT molecular complexity index is 1170. The van der Waals surface area contributed by atoms with Crippen molar-refractivity contribution in [1.82, 2.24) is 9.78 Å². The largest absolute Gasteiger partial charge is 0.380 e. The van der Waals surface area contributed by atoms with Crippen LogP contribution in [0, 0.1) is 18.7 Å². The SMILES string of the molecule is CC1CCOCC1S.Cc1cc(Nc2nn(C)c3ccc(S(N)(=O)=O)cc23)ccc1F. The van der Waals surface area contributed by atoms with E-state index in [1.807, 2.05) is 0 Å². The topological polar surface area (TPSA) is 99.2 Å². The van der Waals surface area contributed by atoms with Gasteiger partial charge in [-0.3, -0.25) is 4.68 Å². The molecule has 0 spiro atoms. The van der Waals surface area contributed by atoms with Gasteiger partial charge in [-0.15, -0.1) is 0 Å². The number of sulfonamides is 1. The molecule has 0 aliphatic carbocycles. The van der Waals surface area contributed by atoms with Gasteiger partial charge in [0.1, 0.15) is 5.82 Å². The summed E-state index contributed by atoms with van der Waals surface area (Å²) in [7, 11) is -2.05. The molecule has 1 saturated heterocycles. The minimum absolute atomic E-state index is 0.0105. The average Bonchev–Trinajstić information content (AvgIpc) is 3.02. The molecule has 1 aliphatic heterocycles. The Morgan fingerprint density at radius 1 is 1.29 bits per heavy atom. The highest BCUT2D eigenvalue weighted by Crippen LogP contribution is 2.28. The van der Waals surface area contributed by atoms with Crippen molar-refractivity contribution in [3.8, 4) is 0 Å². The molecule has 0 bridgehead atoms. The summed E-state index contributed by atoms with van der Waals surface area (Å²) in [6.07, 6.45) is 1.17. The Morgan fingerprint density at radius 3 is 2.61 bits per heavy atom. The van der Waals surface area contributed by atoms with Crippen molar-refractivity contribution in [3.05, 3.63) is 47.8 Å². The van der Waals surface area contributed by atoms with Gasteiger partial charge in [0.25, 0.3) is 0 Å². The molecule has 1 aromatic heterocycles. The number of fused-ring (bicyclic) bond motifs is 1. The molecule has 1 aliphatic rings. The van der Waals surface area contributed by atoms with Gasteiger partial charge in [0.05, 0.1) is 17.0 Å². The van der Waals surface area contributed by atoms with Crippen LogP contribution in [0.15, 0.2) is 41.3 Å². The van der Waals surface area contributed by atoms with Crippen LogP contribution < -0.4 is 10.5 Å². The fourth-order valence-corrected chi connectivity index (χ4v) is 4.00. The zero-order valence-electron chi connectivity index (χ0n) is 17.7. The molecule has 0 saturated carbocycles. The van der Waals surface area contributed by atoms with E-state index in [-0.39, 0.29) is 10.7 Å². The average molecular weight is 467 g/mol. The van der Waals surface area contributed by atoms with Crippen molar-refractivity contribution in [1.29, 1.82) is 0 Å². The molecule has 31 heavy (non-hydrogen) atoms. The number of halogens is 1. The number of aryl methyl sites for hydroxylation is 2. The first-order chi connectivity index (χ1) is 14.6. The van der Waals surface area contributed by atoms with Crippen molar-refractivity contribution in [3.63, 3.8) is 0 Å². The Balaban J connectivity index is 0.000000287. The van der Waals surface area contributed by atoms with E-state index in [1.165, 1.54) is 24.6 Å². The van der Waals surface area contributed by atoms with Crippen LogP contribution in [-0.4, -0.2) is 36.7 Å². The van der Waals surface area contributed by atoms with Crippen LogP contribution in [0.1, 0.15) is 18.9 Å². The molecule has 0 amide bonds. The summed E-state index contributed by atoms with van der Waals surface area (Å²) in [4.78, 5) is 0.0105. The number of hydrogen-bond donors (Lipinski definition) is 3. The van der Waals surface area contributed by atoms with Crippen LogP contribution in [0.3, 0.4) is 0 Å². The number of benzene rings is 2. The second kappa shape index (κ2) is 9.56. The van der Waals surface area contributed by atoms with Crippen LogP contribution in [0.4, 0.5) is 15.9 Å². The molecule has 2 heterocycles. The van der Waals surface area contributed by atoms with Crippen LogP contribution in [0.5, 0.6) is 0 Å². The van der Waals surface area contributed by atoms with E-state index in [0.29, 0.717) is 27.7 Å². The highest BCUT2D eigenvalue weighted by molar-refractivity contribution is 7.89. The summed E-state index contributed by atoms with van der Waals surface area (Å²) in [5.41, 5.74) is 1.91. The van der Waals surface area contributed by atoms with Crippen molar-refractivity contribution < 1.29 is 17.5 Å². The molecule has 3 N–H and O–H groups in total. The summed E-state index contributed by atoms with van der Waals surface area (Å²) in [6.45, 7) is 5.65. The number of ether oxygens (including phenoxy) is 1. The van der Waals surface area contributed by atoms with Gasteiger partial charge in [-0.1, -0.05) is 6.92 Å². The van der Waals surface area contributed by atoms with Crippen LogP contribution in [-0.2, 0) is 21.8 Å². The van der Waals surface area contributed by atoms with E-state index < -0.39 is 10.0 Å². The fraction of sp³-hybridized carbons (Fsp3) is 0.381. The van der Waals surface area contributed by atoms with E-state index >= 15 is 0 Å². The second-order valence-electron chi connectivity index (χ2n) is 7.69. The molecule has 0 radical (unpaired) electrons. The van der Waals surface area contributed by atoms with Gasteiger partial charge in [0.15, 0.2) is 5.82 Å². The Hall–Kier alpha value is -2.14. The maximum Gasteiger partial charge on any atom is 0.238 e. The summed E-state index contributed by atoms with van der Waals surface area (Å²) >= 11 is 4.33. The third-order valence-corrected chi connectivity index (χ3v) is 6.80. The number of thiol groups is 1. The minimum atomic E-state index is -3.80. The van der Waals surface area contributed by atoms with Gasteiger partial charge >= 0.3 is 0 Å². The minimum Gasteiger partial charge on any atom is -0.380 e. The number of nitrogens with one attached hydrogen (secondary N) is 1. The zero-order chi connectivity index (χ0) is 22.8. The normalized spacial score (nSPS) is 19.0. The first kappa shape index (κ1) is 23.5. The lowest BCUT2D eigenvalue weighted by Gasteiger charge is -2.24. The van der Waals surface area contributed by atoms with Crippen LogP contribution in [0.25, 0.3) is 10.9 Å². The molecule has 7 nitrogen and oxygen atoms in total. The standard InChI is InChI=1S/C15H15FN4O2S.C6H12OS/c1-9-7-10(3-5-13(9)16)18-15-12-8-11(23(17,21)22)4-6-14(12)20(2)19-15;1-5-2-3-7-4-6(5)8/h3-8H,1-2H3,(H,18,19)(H2,17,21,22);5-6,8H,2-4H2,1H3. The number of primary sulfonamides is 1. The van der Waals surface area contributed by atoms with Crippen molar-refractivity contribution >= 4 is 45.1 Å². The fourth-order valence-electron chi connectivity index (χ4n) is 3.20.